The Kier molecular flexibility index (Phi) is 20.2. The number of hydrogen-bond donors (Lipinski definition) is 6. The number of methoxy groups -OCH3 is 1. The maximum atomic E-state index is 14.2. The van der Waals surface area contributed by atoms with Crippen molar-refractivity contribution in [3.63, 3.8) is 0 Å². The van der Waals surface area contributed by atoms with E-state index in [4.69, 9.17) is 34.1 Å². The summed E-state index contributed by atoms with van der Waals surface area (Å²) in [6.07, 6.45) is -1.51. The van der Waals surface area contributed by atoms with Gasteiger partial charge in [0.05, 0.1) is 56.0 Å². The number of aromatic nitrogens is 7. The Labute approximate surface area is 516 Å². The van der Waals surface area contributed by atoms with Crippen LogP contribution in [-0.2, 0) is 30.4 Å². The van der Waals surface area contributed by atoms with E-state index in [0.29, 0.717) is 88.3 Å². The number of carbonyl (C=O) groups is 6. The monoisotopic (exact) mass is 1280 g/mol. The highest BCUT2D eigenvalue weighted by Crippen LogP contribution is 2.40. The lowest BCUT2D eigenvalue weighted by Gasteiger charge is -2.26. The van der Waals surface area contributed by atoms with Gasteiger partial charge in [0.15, 0.2) is 0 Å². The van der Waals surface area contributed by atoms with Gasteiger partial charge in [0, 0.05) is 65.8 Å². The molecule has 0 unspecified atom stereocenters. The number of fused-ring (bicyclic) bond motifs is 14. The molecule has 1 fully saturated rings. The van der Waals surface area contributed by atoms with Gasteiger partial charge in [0.1, 0.15) is 88.2 Å². The summed E-state index contributed by atoms with van der Waals surface area (Å²) in [4.78, 5) is 119. The average Bonchev–Trinajstić information content (AvgIpc) is 4.04. The topological polar surface area (TPSA) is 329 Å². The van der Waals surface area contributed by atoms with Crippen molar-refractivity contribution < 1.29 is 48.1 Å². The molecule has 25 nitrogen and oxygen atoms in total. The molecule has 448 valence electrons. The molecule has 8 aromatic rings. The Morgan fingerprint density at radius 3 is 2.28 bits per heavy atom. The number of ether oxygens (including phenoxy) is 3. The molecule has 0 aliphatic carbocycles. The number of nitrogens with one attached hydrogen (secondary N) is 5. The first-order chi connectivity index (χ1) is 41.6. The number of aliphatic hydroxyl groups excluding tert-OH is 1. The highest BCUT2D eigenvalue weighted by Gasteiger charge is 2.32. The number of carbonyl (C=O) groups excluding carboxylic acids is 6. The van der Waals surface area contributed by atoms with Crippen molar-refractivity contribution in [3.05, 3.63) is 111 Å². The van der Waals surface area contributed by atoms with E-state index >= 15 is 0 Å². The molecule has 2 aliphatic heterocycles. The lowest BCUT2D eigenvalue weighted by atomic mass is 10.0. The van der Waals surface area contributed by atoms with Gasteiger partial charge in [-0.1, -0.05) is 44.2 Å². The quantitative estimate of drug-likeness (QED) is 0.0589. The van der Waals surface area contributed by atoms with Crippen LogP contribution in [0.3, 0.4) is 0 Å². The smallest absolute Gasteiger partial charge is 0.412 e. The van der Waals surface area contributed by atoms with Crippen molar-refractivity contribution in [1.82, 2.24) is 61.1 Å². The lowest BCUT2D eigenvalue weighted by molar-refractivity contribution is -0.122. The van der Waals surface area contributed by atoms with E-state index in [2.05, 4.69) is 56.7 Å². The van der Waals surface area contributed by atoms with E-state index in [1.807, 2.05) is 13.8 Å². The first kappa shape index (κ1) is 61.5. The Balaban J connectivity index is 1.00. The minimum Gasteiger partial charge on any atom is -0.449 e. The molecule has 10 rings (SSSR count). The number of hydrogen-bond acceptors (Lipinski definition) is 25. The molecule has 6 N–H and O–H groups in total. The van der Waals surface area contributed by atoms with Gasteiger partial charge in [-0.05, 0) is 37.0 Å². The first-order valence-corrected chi connectivity index (χ1v) is 32.1. The van der Waals surface area contributed by atoms with Gasteiger partial charge >= 0.3 is 12.0 Å². The highest BCUT2D eigenvalue weighted by molar-refractivity contribution is 7.15. The molecule has 31 heteroatoms. The van der Waals surface area contributed by atoms with E-state index in [1.165, 1.54) is 64.9 Å². The summed E-state index contributed by atoms with van der Waals surface area (Å²) in [5.74, 6) is -3.09. The fourth-order valence-corrected chi connectivity index (χ4v) is 14.4. The zero-order valence-electron chi connectivity index (χ0n) is 46.9. The number of azo groups is 1. The summed E-state index contributed by atoms with van der Waals surface area (Å²) < 4.78 is 16.3. The van der Waals surface area contributed by atoms with E-state index in [0.717, 1.165) is 42.3 Å². The van der Waals surface area contributed by atoms with Crippen LogP contribution in [0.4, 0.5) is 10.6 Å². The van der Waals surface area contributed by atoms with Crippen molar-refractivity contribution >= 4 is 109 Å². The average molecular weight is 1280 g/mol. The van der Waals surface area contributed by atoms with Crippen LogP contribution < -0.4 is 26.6 Å². The molecule has 1 saturated heterocycles. The van der Waals surface area contributed by atoms with Gasteiger partial charge in [-0.3, -0.25) is 34.2 Å². The number of thiazole rings is 6. The second-order valence-electron chi connectivity index (χ2n) is 19.8. The summed E-state index contributed by atoms with van der Waals surface area (Å²) in [7, 11) is 2.93. The zero-order chi connectivity index (χ0) is 60.4. The van der Waals surface area contributed by atoms with Crippen LogP contribution in [0.25, 0.3) is 43.4 Å². The Bertz CT molecular complexity index is 3780. The molecule has 0 radical (unpaired) electrons. The third kappa shape index (κ3) is 14.8. The number of anilines is 1. The number of pyridine rings is 1. The molecule has 0 spiro atoms. The van der Waals surface area contributed by atoms with Gasteiger partial charge in [0.25, 0.3) is 11.8 Å². The number of aliphatic hydroxyl groups is 1. The number of morpholine rings is 1. The molecule has 7 aromatic heterocycles. The molecular weight excluding hydrogens is 1220 g/mol. The molecule has 6 amide bonds. The van der Waals surface area contributed by atoms with Crippen LogP contribution in [0, 0.1) is 12.8 Å². The van der Waals surface area contributed by atoms with Crippen LogP contribution in [0.15, 0.2) is 74.2 Å². The molecule has 1 aromatic carbocycles. The van der Waals surface area contributed by atoms with Crippen molar-refractivity contribution in [3.8, 4) is 43.4 Å². The summed E-state index contributed by atoms with van der Waals surface area (Å²) >= 11 is 7.14. The highest BCUT2D eigenvalue weighted by atomic mass is 32.1. The van der Waals surface area contributed by atoms with Crippen molar-refractivity contribution in [2.45, 2.75) is 64.4 Å². The van der Waals surface area contributed by atoms with Gasteiger partial charge in [-0.25, -0.2) is 39.7 Å². The van der Waals surface area contributed by atoms with E-state index < -0.39 is 66.4 Å². The molecule has 0 saturated carbocycles. The second-order valence-corrected chi connectivity index (χ2v) is 25.6. The van der Waals surface area contributed by atoms with Crippen molar-refractivity contribution in [2.24, 2.45) is 16.1 Å². The van der Waals surface area contributed by atoms with Gasteiger partial charge in [-0.2, -0.15) is 5.11 Å². The third-order valence-corrected chi connectivity index (χ3v) is 19.1. The summed E-state index contributed by atoms with van der Waals surface area (Å²) in [5.41, 5.74) is 2.62. The fraction of sp³-hybridized carbons (Fsp3) is 0.364. The number of aryl methyl sites for hydroxylation is 1. The van der Waals surface area contributed by atoms with Crippen molar-refractivity contribution in [1.29, 1.82) is 0 Å². The fourth-order valence-electron chi connectivity index (χ4n) is 8.96. The molecule has 9 heterocycles. The first-order valence-electron chi connectivity index (χ1n) is 26.9. The van der Waals surface area contributed by atoms with Gasteiger partial charge < -0.3 is 40.6 Å². The van der Waals surface area contributed by atoms with Crippen LogP contribution >= 0.6 is 68.0 Å². The maximum absolute atomic E-state index is 14.2. The van der Waals surface area contributed by atoms with Crippen LogP contribution in [-0.4, -0.2) is 141 Å². The molecule has 86 heavy (non-hydrogen) atoms. The number of benzene rings is 1. The lowest BCUT2D eigenvalue weighted by Crippen LogP contribution is -2.40. The van der Waals surface area contributed by atoms with E-state index in [1.54, 1.807) is 65.5 Å². The number of nitrogens with zero attached hydrogens (tertiary/aromatic N) is 10. The van der Waals surface area contributed by atoms with Crippen molar-refractivity contribution in [2.75, 3.05) is 65.5 Å². The summed E-state index contributed by atoms with van der Waals surface area (Å²) in [6.45, 7) is 8.98. The second kappa shape index (κ2) is 28.3. The molecule has 4 atom stereocenters. The SMILES string of the molecule is CNC(=O)C[C@@H]1N=NC(=O)c2csc(n2)-c2ccc(-c3nc(NC(=O)OCCCN4CCOCC4)cs3)nc2-c2csc(n2)-c2csc(n2)[C@H]([C@@H](O)c2ccccc2)NC(=O)CNC(=O)c2nc(sc2COC)[C@H](C(C)C)NC(=O)c2nc1sc2C. The van der Waals surface area contributed by atoms with Gasteiger partial charge in [0.2, 0.25) is 11.8 Å². The summed E-state index contributed by atoms with van der Waals surface area (Å²) in [5, 5.41) is 43.2. The molecule has 2 aliphatic rings. The minimum atomic E-state index is -1.28. The number of rotatable bonds is 13. The van der Waals surface area contributed by atoms with Crippen LogP contribution in [0.2, 0.25) is 0 Å². The standard InChI is InChI=1S/C55H57N15O10S6/c1-27(2)40-54-67-43(36(86-54)22-78-5)47(75)57-21-39(72)64-44(45(73)29-10-7-6-8-11-29)53-61-35(25-83-53)51-59-33(23-82-51)42-30(12-13-31(58-42)50-62-37(26-84-50)63-55(77)80-17-9-14-70-15-18-79-19-16-70)49-60-34(24-81-49)46(74)69-68-32(20-38(71)56-4)52-66-41(28(3)85-52)48(76)65-40/h6-8,10-13,23-27,32,40,44-45,73H,9,14-22H2,1-5H3,(H,56,71)(H,57,75)(H,63,77)(H,64,72)(H,65,76)/t32-,40-,44-,45-/m0/s1. The Morgan fingerprint density at radius 2 is 1.50 bits per heavy atom. The Morgan fingerprint density at radius 1 is 0.767 bits per heavy atom. The van der Waals surface area contributed by atoms with E-state index in [-0.39, 0.29) is 53.5 Å². The predicted molar refractivity (Wildman–Crippen MR) is 325 cm³/mol. The summed E-state index contributed by atoms with van der Waals surface area (Å²) in [6, 6.07) is 9.41. The number of amides is 6. The maximum Gasteiger partial charge on any atom is 0.412 e. The van der Waals surface area contributed by atoms with Crippen LogP contribution in [0.5, 0.6) is 0 Å². The minimum absolute atomic E-state index is 0.00114. The van der Waals surface area contributed by atoms with Crippen LogP contribution in [0.1, 0.15) is 113 Å². The predicted octanol–water partition coefficient (Wildman–Crippen LogP) is 8.45. The Hall–Kier alpha value is -7.59. The molecule has 10 bridgehead atoms. The van der Waals surface area contributed by atoms with E-state index in [9.17, 15) is 33.9 Å². The largest absolute Gasteiger partial charge is 0.449 e. The normalized spacial score (nSPS) is 17.5. The third-order valence-electron chi connectivity index (χ3n) is 13.4. The van der Waals surface area contributed by atoms with Gasteiger partial charge in [-0.15, -0.1) is 73.1 Å². The molecular formula is C55H57N15O10S6. The zero-order valence-corrected chi connectivity index (χ0v) is 51.8.